The number of hydrogen-bond donors (Lipinski definition) is 0. The minimum Gasteiger partial charge on any atom is -0.341 e. The summed E-state index contributed by atoms with van der Waals surface area (Å²) in [6, 6.07) is 3.40. The van der Waals surface area contributed by atoms with E-state index in [2.05, 4.69) is 4.98 Å². The lowest BCUT2D eigenvalue weighted by atomic mass is 10.2. The molecule has 1 fully saturated rings. The third-order valence-corrected chi connectivity index (χ3v) is 4.00. The number of hydrogen-bond acceptors (Lipinski definition) is 3. The van der Waals surface area contributed by atoms with Crippen LogP contribution in [-0.2, 0) is 9.59 Å². The predicted molar refractivity (Wildman–Crippen MR) is 85.9 cm³/mol. The van der Waals surface area contributed by atoms with E-state index in [1.54, 1.807) is 28.3 Å². The Bertz CT molecular complexity index is 538. The summed E-state index contributed by atoms with van der Waals surface area (Å²) < 4.78 is 0. The summed E-state index contributed by atoms with van der Waals surface area (Å²) in [4.78, 5) is 32.4. The Hall–Kier alpha value is -2.17. The van der Waals surface area contributed by atoms with E-state index in [1.165, 1.54) is 6.08 Å². The maximum atomic E-state index is 12.5. The number of pyridine rings is 1. The first-order valence-electron chi connectivity index (χ1n) is 7.84. The summed E-state index contributed by atoms with van der Waals surface area (Å²) in [5.41, 5.74) is 0.877. The lowest BCUT2D eigenvalue weighted by molar-refractivity contribution is -0.141. The first-order valence-corrected chi connectivity index (χ1v) is 7.84. The van der Waals surface area contributed by atoms with E-state index < -0.39 is 0 Å². The van der Waals surface area contributed by atoms with Crippen molar-refractivity contribution in [2.45, 2.75) is 32.7 Å². The predicted octanol–water partition coefficient (Wildman–Crippen LogP) is 1.95. The van der Waals surface area contributed by atoms with Gasteiger partial charge in [-0.05, 0) is 44.4 Å². The number of carbonyl (C=O) groups is 2. The van der Waals surface area contributed by atoms with Crippen LogP contribution in [-0.4, -0.2) is 52.3 Å². The van der Waals surface area contributed by atoms with Crippen molar-refractivity contribution in [2.24, 2.45) is 0 Å². The molecule has 0 aliphatic carbocycles. The Kier molecular flexibility index (Phi) is 5.69. The normalized spacial score (nSPS) is 17.9. The van der Waals surface area contributed by atoms with Crippen molar-refractivity contribution in [1.29, 1.82) is 0 Å². The molecule has 0 radical (unpaired) electrons. The van der Waals surface area contributed by atoms with Crippen LogP contribution in [0.1, 0.15) is 32.3 Å². The Balaban J connectivity index is 2.05. The molecule has 0 saturated carbocycles. The monoisotopic (exact) mass is 301 g/mol. The van der Waals surface area contributed by atoms with E-state index in [0.717, 1.165) is 18.4 Å². The summed E-state index contributed by atoms with van der Waals surface area (Å²) in [6.45, 7) is 5.93. The first-order chi connectivity index (χ1) is 10.7. The van der Waals surface area contributed by atoms with E-state index in [9.17, 15) is 9.59 Å². The van der Waals surface area contributed by atoms with Crippen molar-refractivity contribution < 1.29 is 9.59 Å². The van der Waals surface area contributed by atoms with Crippen LogP contribution in [0.15, 0.2) is 30.6 Å². The molecule has 22 heavy (non-hydrogen) atoms. The summed E-state index contributed by atoms with van der Waals surface area (Å²) >= 11 is 0. The molecule has 0 N–H and O–H groups in total. The Morgan fingerprint density at radius 1 is 1.41 bits per heavy atom. The number of carbonyl (C=O) groups excluding carboxylic acids is 2. The number of rotatable bonds is 5. The van der Waals surface area contributed by atoms with Gasteiger partial charge in [-0.3, -0.25) is 14.6 Å². The van der Waals surface area contributed by atoms with Gasteiger partial charge in [-0.15, -0.1) is 0 Å². The molecule has 1 aliphatic heterocycles. The molecule has 0 aromatic carbocycles. The molecule has 118 valence electrons. The van der Waals surface area contributed by atoms with E-state index in [1.807, 2.05) is 26.0 Å². The van der Waals surface area contributed by atoms with Gasteiger partial charge in [0.05, 0.1) is 0 Å². The van der Waals surface area contributed by atoms with Gasteiger partial charge in [0.15, 0.2) is 0 Å². The molecule has 1 aromatic heterocycles. The van der Waals surface area contributed by atoms with Gasteiger partial charge in [0.25, 0.3) is 0 Å². The zero-order valence-electron chi connectivity index (χ0n) is 13.2. The van der Waals surface area contributed by atoms with E-state index in [4.69, 9.17) is 0 Å². The second-order valence-electron chi connectivity index (χ2n) is 5.32. The lowest BCUT2D eigenvalue weighted by Crippen LogP contribution is -2.47. The molecule has 2 rings (SSSR count). The van der Waals surface area contributed by atoms with Crippen LogP contribution in [0.3, 0.4) is 0 Å². The molecule has 1 saturated heterocycles. The van der Waals surface area contributed by atoms with Gasteiger partial charge >= 0.3 is 0 Å². The number of aromatic nitrogens is 1. The highest BCUT2D eigenvalue weighted by atomic mass is 16.2. The van der Waals surface area contributed by atoms with Crippen molar-refractivity contribution >= 4 is 17.9 Å². The molecule has 5 nitrogen and oxygen atoms in total. The molecule has 0 spiro atoms. The minimum atomic E-state index is -0.314. The van der Waals surface area contributed by atoms with Crippen molar-refractivity contribution in [3.05, 3.63) is 36.2 Å². The zero-order chi connectivity index (χ0) is 15.9. The SMILES string of the molecule is CCN(CC)C(=O)[C@H]1CCCN1C(=O)/C=C\c1cccnc1. The van der Waals surface area contributed by atoms with E-state index in [-0.39, 0.29) is 17.9 Å². The number of likely N-dealkylation sites (tertiary alicyclic amines) is 1. The first kappa shape index (κ1) is 16.2. The molecule has 0 unspecified atom stereocenters. The standard InChI is InChI=1S/C17H23N3O2/c1-3-19(4-2)17(22)15-8-6-12-20(15)16(21)10-9-14-7-5-11-18-13-14/h5,7,9-11,13,15H,3-4,6,8,12H2,1-2H3/b10-9-/t15-/m1/s1. The molecule has 1 aromatic rings. The highest BCUT2D eigenvalue weighted by Gasteiger charge is 2.34. The van der Waals surface area contributed by atoms with E-state index in [0.29, 0.717) is 19.6 Å². The summed E-state index contributed by atoms with van der Waals surface area (Å²) in [5, 5.41) is 0. The smallest absolute Gasteiger partial charge is 0.247 e. The van der Waals surface area contributed by atoms with Crippen LogP contribution < -0.4 is 0 Å². The van der Waals surface area contributed by atoms with Crippen LogP contribution in [0.4, 0.5) is 0 Å². The van der Waals surface area contributed by atoms with Crippen molar-refractivity contribution in [3.63, 3.8) is 0 Å². The molecule has 1 atom stereocenters. The molecular formula is C17H23N3O2. The van der Waals surface area contributed by atoms with Gasteiger partial charge in [0.2, 0.25) is 11.8 Å². The molecule has 2 heterocycles. The van der Waals surface area contributed by atoms with Crippen molar-refractivity contribution in [1.82, 2.24) is 14.8 Å². The Morgan fingerprint density at radius 2 is 2.18 bits per heavy atom. The average molecular weight is 301 g/mol. The van der Waals surface area contributed by atoms with Crippen LogP contribution in [0.2, 0.25) is 0 Å². The van der Waals surface area contributed by atoms with Crippen molar-refractivity contribution in [2.75, 3.05) is 19.6 Å². The number of nitrogens with zero attached hydrogens (tertiary/aromatic N) is 3. The third-order valence-electron chi connectivity index (χ3n) is 4.00. The van der Waals surface area contributed by atoms with E-state index >= 15 is 0 Å². The summed E-state index contributed by atoms with van der Waals surface area (Å²) in [7, 11) is 0. The van der Waals surface area contributed by atoms with Gasteiger partial charge < -0.3 is 9.80 Å². The molecular weight excluding hydrogens is 278 g/mol. The Morgan fingerprint density at radius 3 is 2.82 bits per heavy atom. The van der Waals surface area contributed by atoms with Crippen LogP contribution in [0, 0.1) is 0 Å². The van der Waals surface area contributed by atoms with Gasteiger partial charge in [-0.2, -0.15) is 0 Å². The number of amides is 2. The molecule has 0 bridgehead atoms. The van der Waals surface area contributed by atoms with Gasteiger partial charge in [0.1, 0.15) is 6.04 Å². The lowest BCUT2D eigenvalue weighted by Gasteiger charge is -2.28. The second-order valence-corrected chi connectivity index (χ2v) is 5.32. The second kappa shape index (κ2) is 7.73. The quantitative estimate of drug-likeness (QED) is 0.781. The van der Waals surface area contributed by atoms with Gasteiger partial charge in [-0.25, -0.2) is 0 Å². The van der Waals surface area contributed by atoms with Crippen LogP contribution in [0.25, 0.3) is 6.08 Å². The minimum absolute atomic E-state index is 0.0608. The highest BCUT2D eigenvalue weighted by Crippen LogP contribution is 2.20. The fourth-order valence-electron chi connectivity index (χ4n) is 2.77. The van der Waals surface area contributed by atoms with Gasteiger partial charge in [0, 0.05) is 38.1 Å². The molecule has 5 heteroatoms. The van der Waals surface area contributed by atoms with Crippen LogP contribution in [0.5, 0.6) is 0 Å². The summed E-state index contributed by atoms with van der Waals surface area (Å²) in [6.07, 6.45) is 8.30. The third kappa shape index (κ3) is 3.72. The van der Waals surface area contributed by atoms with Crippen molar-refractivity contribution in [3.8, 4) is 0 Å². The zero-order valence-corrected chi connectivity index (χ0v) is 13.2. The largest absolute Gasteiger partial charge is 0.341 e. The average Bonchev–Trinajstić information content (AvgIpc) is 3.04. The van der Waals surface area contributed by atoms with Crippen LogP contribution >= 0.6 is 0 Å². The number of likely N-dealkylation sites (N-methyl/N-ethyl adjacent to an activating group) is 1. The molecule has 1 aliphatic rings. The Labute approximate surface area is 131 Å². The van der Waals surface area contributed by atoms with Gasteiger partial charge in [-0.1, -0.05) is 6.07 Å². The fraction of sp³-hybridized carbons (Fsp3) is 0.471. The maximum Gasteiger partial charge on any atom is 0.247 e. The highest BCUT2D eigenvalue weighted by molar-refractivity contribution is 5.96. The topological polar surface area (TPSA) is 53.5 Å². The maximum absolute atomic E-state index is 12.5. The molecule has 2 amide bonds. The fourth-order valence-corrected chi connectivity index (χ4v) is 2.77. The summed E-state index contributed by atoms with van der Waals surface area (Å²) in [5.74, 6) is -0.0440.